The highest BCUT2D eigenvalue weighted by atomic mass is 32.2. The van der Waals surface area contributed by atoms with Gasteiger partial charge in [0.1, 0.15) is 0 Å². The third kappa shape index (κ3) is 4.10. The van der Waals surface area contributed by atoms with E-state index in [1.54, 1.807) is 7.11 Å². The number of anilines is 1. The zero-order valence-corrected chi connectivity index (χ0v) is 13.5. The van der Waals surface area contributed by atoms with Crippen LogP contribution in [0.2, 0.25) is 0 Å². The van der Waals surface area contributed by atoms with Gasteiger partial charge in [-0.3, -0.25) is 9.36 Å². The lowest BCUT2D eigenvalue weighted by Gasteiger charge is -2.29. The molecule has 2 rings (SSSR count). The fourth-order valence-corrected chi connectivity index (χ4v) is 2.94. The van der Waals surface area contributed by atoms with Crippen molar-refractivity contribution in [3.05, 3.63) is 0 Å². The van der Waals surface area contributed by atoms with Gasteiger partial charge >= 0.3 is 5.97 Å². The van der Waals surface area contributed by atoms with Crippen LogP contribution in [-0.4, -0.2) is 57.9 Å². The van der Waals surface area contributed by atoms with E-state index in [2.05, 4.69) is 22.0 Å². The van der Waals surface area contributed by atoms with Crippen molar-refractivity contribution in [2.24, 2.45) is 13.0 Å². The molecule has 0 aliphatic heterocycles. The summed E-state index contributed by atoms with van der Waals surface area (Å²) in [5.41, 5.74) is 0. The molecule has 0 saturated heterocycles. The highest BCUT2D eigenvalue weighted by molar-refractivity contribution is 7.99. The number of carbonyl (C=O) groups is 1. The normalized spacial score (nSPS) is 16.0. The maximum absolute atomic E-state index is 10.7. The second-order valence-corrected chi connectivity index (χ2v) is 6.23. The highest BCUT2D eigenvalue weighted by Gasteiger charge is 2.34. The number of nitrogens with zero attached hydrogens (tertiary/aromatic N) is 4. The number of rotatable bonds is 9. The molecule has 1 saturated carbocycles. The Balaban J connectivity index is 2.12. The van der Waals surface area contributed by atoms with E-state index in [1.807, 2.05) is 11.6 Å². The summed E-state index contributed by atoms with van der Waals surface area (Å²) in [6, 6.07) is 0.389. The molecule has 21 heavy (non-hydrogen) atoms. The summed E-state index contributed by atoms with van der Waals surface area (Å²) in [6.07, 6.45) is 2.51. The van der Waals surface area contributed by atoms with Crippen LogP contribution in [0.3, 0.4) is 0 Å². The quantitative estimate of drug-likeness (QED) is 0.687. The SMILES string of the molecule is COCCN(c1nnc(SCC(=O)O)n1C)C(C)C1CC1. The highest BCUT2D eigenvalue weighted by Crippen LogP contribution is 2.36. The maximum Gasteiger partial charge on any atom is 0.313 e. The van der Waals surface area contributed by atoms with Crippen molar-refractivity contribution in [2.75, 3.05) is 30.9 Å². The molecule has 1 fully saturated rings. The van der Waals surface area contributed by atoms with E-state index in [1.165, 1.54) is 24.6 Å². The molecule has 7 nitrogen and oxygen atoms in total. The predicted molar refractivity (Wildman–Crippen MR) is 80.8 cm³/mol. The van der Waals surface area contributed by atoms with Gasteiger partial charge in [-0.2, -0.15) is 0 Å². The van der Waals surface area contributed by atoms with Gasteiger partial charge in [0, 0.05) is 26.7 Å². The summed E-state index contributed by atoms with van der Waals surface area (Å²) in [7, 11) is 3.56. The third-order valence-electron chi connectivity index (χ3n) is 3.73. The molecule has 8 heteroatoms. The summed E-state index contributed by atoms with van der Waals surface area (Å²) in [6.45, 7) is 3.58. The Bertz CT molecular complexity index is 490. The Morgan fingerprint density at radius 1 is 1.57 bits per heavy atom. The number of hydrogen-bond donors (Lipinski definition) is 1. The molecule has 0 spiro atoms. The summed E-state index contributed by atoms with van der Waals surface area (Å²) < 4.78 is 7.05. The summed E-state index contributed by atoms with van der Waals surface area (Å²) >= 11 is 1.18. The molecule has 0 bridgehead atoms. The van der Waals surface area contributed by atoms with Gasteiger partial charge in [0.05, 0.1) is 12.4 Å². The Kier molecular flexibility index (Phi) is 5.46. The second kappa shape index (κ2) is 7.13. The first-order chi connectivity index (χ1) is 10.0. The van der Waals surface area contributed by atoms with Crippen LogP contribution in [0, 0.1) is 5.92 Å². The van der Waals surface area contributed by atoms with Crippen LogP contribution < -0.4 is 4.90 Å². The Labute approximate surface area is 128 Å². The molecule has 0 radical (unpaired) electrons. The van der Waals surface area contributed by atoms with Gasteiger partial charge in [0.15, 0.2) is 5.16 Å². The molecule has 1 aliphatic carbocycles. The largest absolute Gasteiger partial charge is 0.481 e. The fourth-order valence-electron chi connectivity index (χ4n) is 2.32. The van der Waals surface area contributed by atoms with E-state index in [-0.39, 0.29) is 5.75 Å². The Morgan fingerprint density at radius 2 is 2.29 bits per heavy atom. The van der Waals surface area contributed by atoms with Crippen molar-refractivity contribution in [3.63, 3.8) is 0 Å². The van der Waals surface area contributed by atoms with E-state index in [9.17, 15) is 4.79 Å². The van der Waals surface area contributed by atoms with Crippen LogP contribution in [0.25, 0.3) is 0 Å². The number of methoxy groups -OCH3 is 1. The van der Waals surface area contributed by atoms with Crippen molar-refractivity contribution in [1.82, 2.24) is 14.8 Å². The Morgan fingerprint density at radius 3 is 2.86 bits per heavy atom. The minimum Gasteiger partial charge on any atom is -0.481 e. The molecule has 1 heterocycles. The summed E-state index contributed by atoms with van der Waals surface area (Å²) in [5.74, 6) is 0.613. The first kappa shape index (κ1) is 16.1. The summed E-state index contributed by atoms with van der Waals surface area (Å²) in [5, 5.41) is 17.7. The van der Waals surface area contributed by atoms with Crippen LogP contribution in [0.15, 0.2) is 5.16 Å². The van der Waals surface area contributed by atoms with Gasteiger partial charge in [-0.05, 0) is 25.7 Å². The van der Waals surface area contributed by atoms with Gasteiger partial charge in [0.2, 0.25) is 5.95 Å². The molecular formula is C13H22N4O3S. The van der Waals surface area contributed by atoms with Crippen molar-refractivity contribution >= 4 is 23.7 Å². The van der Waals surface area contributed by atoms with Crippen molar-refractivity contribution in [1.29, 1.82) is 0 Å². The van der Waals surface area contributed by atoms with E-state index in [0.29, 0.717) is 23.7 Å². The van der Waals surface area contributed by atoms with Crippen LogP contribution in [0.5, 0.6) is 0 Å². The van der Waals surface area contributed by atoms with Crippen molar-refractivity contribution in [2.45, 2.75) is 31.0 Å². The molecule has 0 amide bonds. The van der Waals surface area contributed by atoms with E-state index in [4.69, 9.17) is 9.84 Å². The van der Waals surface area contributed by atoms with Crippen LogP contribution in [0.1, 0.15) is 19.8 Å². The first-order valence-electron chi connectivity index (χ1n) is 7.04. The van der Waals surface area contributed by atoms with Crippen LogP contribution in [-0.2, 0) is 16.6 Å². The van der Waals surface area contributed by atoms with Crippen molar-refractivity contribution < 1.29 is 14.6 Å². The van der Waals surface area contributed by atoms with Gasteiger partial charge in [-0.15, -0.1) is 10.2 Å². The van der Waals surface area contributed by atoms with Gasteiger partial charge in [-0.25, -0.2) is 0 Å². The molecule has 1 N–H and O–H groups in total. The fraction of sp³-hybridized carbons (Fsp3) is 0.769. The first-order valence-corrected chi connectivity index (χ1v) is 8.02. The minimum absolute atomic E-state index is 0.0117. The minimum atomic E-state index is -0.855. The molecule has 0 aromatic carbocycles. The molecule has 1 aliphatic rings. The lowest BCUT2D eigenvalue weighted by molar-refractivity contribution is -0.133. The number of carboxylic acid groups (broad SMARTS) is 1. The topological polar surface area (TPSA) is 80.5 Å². The van der Waals surface area contributed by atoms with Gasteiger partial charge in [0.25, 0.3) is 0 Å². The average molecular weight is 314 g/mol. The lowest BCUT2D eigenvalue weighted by Crippen LogP contribution is -2.39. The average Bonchev–Trinajstić information content (AvgIpc) is 3.23. The molecule has 1 aromatic rings. The van der Waals surface area contributed by atoms with Crippen LogP contribution >= 0.6 is 11.8 Å². The number of carboxylic acids is 1. The van der Waals surface area contributed by atoms with E-state index >= 15 is 0 Å². The number of ether oxygens (including phenoxy) is 1. The van der Waals surface area contributed by atoms with Crippen molar-refractivity contribution in [3.8, 4) is 0 Å². The van der Waals surface area contributed by atoms with Crippen LogP contribution in [0.4, 0.5) is 5.95 Å². The van der Waals surface area contributed by atoms with E-state index in [0.717, 1.165) is 12.5 Å². The van der Waals surface area contributed by atoms with Gasteiger partial charge < -0.3 is 14.7 Å². The molecule has 1 aromatic heterocycles. The third-order valence-corrected chi connectivity index (χ3v) is 4.73. The number of aliphatic carboxylic acids is 1. The lowest BCUT2D eigenvalue weighted by atomic mass is 10.2. The standard InChI is InChI=1S/C13H22N4O3S/c1-9(10-4-5-10)17(6-7-20-3)12-14-15-13(16(12)2)21-8-11(18)19/h9-10H,4-8H2,1-3H3,(H,18,19). The summed E-state index contributed by atoms with van der Waals surface area (Å²) in [4.78, 5) is 12.9. The molecular weight excluding hydrogens is 292 g/mol. The van der Waals surface area contributed by atoms with E-state index < -0.39 is 5.97 Å². The molecule has 1 atom stereocenters. The molecule has 118 valence electrons. The second-order valence-electron chi connectivity index (χ2n) is 5.29. The number of hydrogen-bond acceptors (Lipinski definition) is 6. The monoisotopic (exact) mass is 314 g/mol. The zero-order valence-electron chi connectivity index (χ0n) is 12.7. The Hall–Kier alpha value is -1.28. The molecule has 1 unspecified atom stereocenters. The zero-order chi connectivity index (χ0) is 15.4. The maximum atomic E-state index is 10.7. The predicted octanol–water partition coefficient (Wildman–Crippen LogP) is 1.24. The number of aromatic nitrogens is 3. The van der Waals surface area contributed by atoms with Gasteiger partial charge in [-0.1, -0.05) is 11.8 Å². The smallest absolute Gasteiger partial charge is 0.313 e. The number of thioether (sulfide) groups is 1.